The number of allylic oxidation sites excluding steroid dienone is 5. The number of nitrogens with zero attached hydrogens (tertiary/aromatic N) is 2. The zero-order chi connectivity index (χ0) is 39.6. The second-order valence-corrected chi connectivity index (χ2v) is 15.7. The Labute approximate surface area is 346 Å². The standard InChI is InChI=1S/C55H42N2S/c1-5-6-8-20-37(2)39-33-35-40(36-34-39)38(3)57-54(43-24-12-11-23-42(43)41-21-9-7-10-22-41)53(56-4)45-26-19-30-49-52(45)44-25-13-14-27-46(44)55(49)47-28-15-17-31-50(47)58-51-32-18-16-29-48(51)55/h5-36H,1,4H2,2-3H3/b8-6-,37-20+,54-53-,57-38+. The van der Waals surface area contributed by atoms with Crippen molar-refractivity contribution in [3.05, 3.63) is 245 Å². The summed E-state index contributed by atoms with van der Waals surface area (Å²) in [5, 5.41) is 0. The van der Waals surface area contributed by atoms with Gasteiger partial charge in [0.05, 0.1) is 16.8 Å². The normalized spacial score (nSPS) is 14.3. The first-order valence-electron chi connectivity index (χ1n) is 19.6. The molecule has 1 aliphatic carbocycles. The van der Waals surface area contributed by atoms with Gasteiger partial charge in [0, 0.05) is 26.6 Å². The number of aliphatic imine (C=N–C) groups is 2. The maximum Gasteiger partial charge on any atom is 0.0974 e. The van der Waals surface area contributed by atoms with Gasteiger partial charge in [-0.25, -0.2) is 0 Å². The van der Waals surface area contributed by atoms with Crippen molar-refractivity contribution in [2.24, 2.45) is 9.98 Å². The fraction of sp³-hybridized carbons (Fsp3) is 0.0545. The Hall–Kier alpha value is -6.81. The summed E-state index contributed by atoms with van der Waals surface area (Å²) in [4.78, 5) is 13.1. The molecule has 1 heterocycles. The highest BCUT2D eigenvalue weighted by atomic mass is 32.2. The third-order valence-corrected chi connectivity index (χ3v) is 12.6. The molecule has 7 aromatic carbocycles. The van der Waals surface area contributed by atoms with Gasteiger partial charge >= 0.3 is 0 Å². The van der Waals surface area contributed by atoms with E-state index in [1.54, 1.807) is 6.08 Å². The first-order chi connectivity index (χ1) is 28.5. The van der Waals surface area contributed by atoms with E-state index in [2.05, 4.69) is 203 Å². The molecule has 9 rings (SSSR count). The average molecular weight is 763 g/mol. The van der Waals surface area contributed by atoms with Crippen LogP contribution >= 0.6 is 11.8 Å². The lowest BCUT2D eigenvalue weighted by Crippen LogP contribution is -2.31. The van der Waals surface area contributed by atoms with Gasteiger partial charge in [-0.05, 0) is 93.9 Å². The van der Waals surface area contributed by atoms with Crippen molar-refractivity contribution in [1.82, 2.24) is 0 Å². The second-order valence-electron chi connectivity index (χ2n) is 14.6. The summed E-state index contributed by atoms with van der Waals surface area (Å²) in [5.41, 5.74) is 16.9. The number of hydrogen-bond donors (Lipinski definition) is 0. The van der Waals surface area contributed by atoms with E-state index in [9.17, 15) is 0 Å². The van der Waals surface area contributed by atoms with E-state index in [0.29, 0.717) is 0 Å². The molecule has 1 aliphatic heterocycles. The van der Waals surface area contributed by atoms with Gasteiger partial charge in [0.2, 0.25) is 0 Å². The summed E-state index contributed by atoms with van der Waals surface area (Å²) in [6, 6.07) is 61.1. The fourth-order valence-electron chi connectivity index (χ4n) is 8.77. The lowest BCUT2D eigenvalue weighted by molar-refractivity contribution is 0.722. The number of fused-ring (bicyclic) bond motifs is 9. The Bertz CT molecular complexity index is 2810. The molecule has 278 valence electrons. The van der Waals surface area contributed by atoms with Crippen LogP contribution in [-0.2, 0) is 5.41 Å². The van der Waals surface area contributed by atoms with Crippen LogP contribution in [0.3, 0.4) is 0 Å². The molecule has 0 atom stereocenters. The van der Waals surface area contributed by atoms with E-state index < -0.39 is 5.41 Å². The van der Waals surface area contributed by atoms with Crippen LogP contribution in [0.2, 0.25) is 0 Å². The molecular formula is C55H42N2S. The van der Waals surface area contributed by atoms with Gasteiger partial charge in [-0.3, -0.25) is 9.98 Å². The molecule has 7 aromatic rings. The summed E-state index contributed by atoms with van der Waals surface area (Å²) in [6.45, 7) is 12.3. The van der Waals surface area contributed by atoms with Crippen LogP contribution in [0.5, 0.6) is 0 Å². The summed E-state index contributed by atoms with van der Waals surface area (Å²) < 4.78 is 0. The monoisotopic (exact) mass is 762 g/mol. The Balaban J connectivity index is 1.32. The van der Waals surface area contributed by atoms with Crippen LogP contribution in [0.15, 0.2) is 221 Å². The minimum atomic E-state index is -0.510. The van der Waals surface area contributed by atoms with Crippen LogP contribution in [-0.4, -0.2) is 12.4 Å². The molecule has 58 heavy (non-hydrogen) atoms. The van der Waals surface area contributed by atoms with Crippen LogP contribution in [0.4, 0.5) is 0 Å². The predicted octanol–water partition coefficient (Wildman–Crippen LogP) is 14.4. The van der Waals surface area contributed by atoms with Gasteiger partial charge in [-0.1, -0.05) is 200 Å². The summed E-state index contributed by atoms with van der Waals surface area (Å²) in [7, 11) is 0. The summed E-state index contributed by atoms with van der Waals surface area (Å²) >= 11 is 1.86. The largest absolute Gasteiger partial charge is 0.262 e. The second kappa shape index (κ2) is 15.6. The topological polar surface area (TPSA) is 24.7 Å². The Morgan fingerprint density at radius 3 is 1.79 bits per heavy atom. The highest BCUT2D eigenvalue weighted by molar-refractivity contribution is 7.99. The quantitative estimate of drug-likeness (QED) is 0.0816. The van der Waals surface area contributed by atoms with Gasteiger partial charge in [-0.2, -0.15) is 0 Å². The summed E-state index contributed by atoms with van der Waals surface area (Å²) in [5.74, 6) is 0. The van der Waals surface area contributed by atoms with E-state index >= 15 is 0 Å². The maximum absolute atomic E-state index is 5.57. The molecule has 0 bridgehead atoms. The maximum atomic E-state index is 5.57. The minimum absolute atomic E-state index is 0.510. The fourth-order valence-corrected chi connectivity index (χ4v) is 9.96. The number of rotatable bonds is 9. The van der Waals surface area contributed by atoms with Crippen LogP contribution in [0.25, 0.3) is 39.2 Å². The van der Waals surface area contributed by atoms with Gasteiger partial charge < -0.3 is 0 Å². The Morgan fingerprint density at radius 1 is 0.534 bits per heavy atom. The Kier molecular flexibility index (Phi) is 9.91. The van der Waals surface area contributed by atoms with Crippen molar-refractivity contribution in [2.75, 3.05) is 0 Å². The Morgan fingerprint density at radius 2 is 1.10 bits per heavy atom. The van der Waals surface area contributed by atoms with E-state index in [4.69, 9.17) is 9.98 Å². The van der Waals surface area contributed by atoms with Gasteiger partial charge in [-0.15, -0.1) is 0 Å². The molecule has 0 N–H and O–H groups in total. The van der Waals surface area contributed by atoms with Crippen molar-refractivity contribution >= 4 is 41.2 Å². The molecule has 0 fully saturated rings. The lowest BCUT2D eigenvalue weighted by atomic mass is 9.67. The zero-order valence-electron chi connectivity index (χ0n) is 32.7. The van der Waals surface area contributed by atoms with Gasteiger partial charge in [0.25, 0.3) is 0 Å². The number of benzene rings is 7. The van der Waals surface area contributed by atoms with Crippen LogP contribution in [0.1, 0.15) is 58.4 Å². The third kappa shape index (κ3) is 6.16. The first kappa shape index (κ1) is 36.8. The van der Waals surface area contributed by atoms with Crippen molar-refractivity contribution < 1.29 is 0 Å². The number of hydrogen-bond acceptors (Lipinski definition) is 3. The third-order valence-electron chi connectivity index (χ3n) is 11.4. The van der Waals surface area contributed by atoms with E-state index in [1.807, 2.05) is 23.9 Å². The predicted molar refractivity (Wildman–Crippen MR) is 248 cm³/mol. The van der Waals surface area contributed by atoms with Crippen LogP contribution in [0, 0.1) is 0 Å². The van der Waals surface area contributed by atoms with Gasteiger partial charge in [0.1, 0.15) is 0 Å². The van der Waals surface area contributed by atoms with E-state index in [1.165, 1.54) is 43.2 Å². The molecule has 1 spiro atoms. The van der Waals surface area contributed by atoms with Crippen molar-refractivity contribution in [3.8, 4) is 22.3 Å². The molecule has 0 radical (unpaired) electrons. The molecule has 0 saturated heterocycles. The molecule has 3 heteroatoms. The van der Waals surface area contributed by atoms with Gasteiger partial charge in [0.15, 0.2) is 0 Å². The molecule has 2 aliphatic rings. The van der Waals surface area contributed by atoms with E-state index in [-0.39, 0.29) is 0 Å². The van der Waals surface area contributed by atoms with Crippen molar-refractivity contribution in [3.63, 3.8) is 0 Å². The van der Waals surface area contributed by atoms with Crippen molar-refractivity contribution in [2.45, 2.75) is 29.1 Å². The molecular weight excluding hydrogens is 721 g/mol. The summed E-state index contributed by atoms with van der Waals surface area (Å²) in [6.07, 6.45) is 7.84. The molecule has 0 unspecified atom stereocenters. The highest BCUT2D eigenvalue weighted by Crippen LogP contribution is 2.63. The molecule has 0 aromatic heterocycles. The lowest BCUT2D eigenvalue weighted by Gasteiger charge is -2.39. The molecule has 2 nitrogen and oxygen atoms in total. The van der Waals surface area contributed by atoms with Crippen molar-refractivity contribution in [1.29, 1.82) is 0 Å². The molecule has 0 saturated carbocycles. The smallest absolute Gasteiger partial charge is 0.0974 e. The average Bonchev–Trinajstić information content (AvgIpc) is 3.58. The van der Waals surface area contributed by atoms with E-state index in [0.717, 1.165) is 56.0 Å². The van der Waals surface area contributed by atoms with Crippen LogP contribution < -0.4 is 0 Å². The SMILES string of the molecule is C=C/C=C\C=C(/C)c1ccc(/C(C)=N/C(=C(\N=C)c2cccc3c2-c2ccccc2C32c3ccccc3Sc3ccccc32)c2ccccc2-c2ccccc2)cc1. The minimum Gasteiger partial charge on any atom is -0.262 e. The molecule has 0 amide bonds. The highest BCUT2D eigenvalue weighted by Gasteiger charge is 2.50. The first-order valence-corrected chi connectivity index (χ1v) is 20.4. The zero-order valence-corrected chi connectivity index (χ0v) is 33.5.